The molecule has 0 fully saturated rings. The molecule has 1 unspecified atom stereocenters. The Morgan fingerprint density at radius 2 is 2.03 bits per heavy atom. The van der Waals surface area contributed by atoms with Crippen LogP contribution in [0.2, 0.25) is 0 Å². The van der Waals surface area contributed by atoms with Crippen LogP contribution in [0.25, 0.3) is 11.4 Å². The molecule has 0 aliphatic heterocycles. The van der Waals surface area contributed by atoms with E-state index in [1.165, 1.54) is 0 Å². The van der Waals surface area contributed by atoms with Crippen LogP contribution in [0.4, 0.5) is 0 Å². The minimum atomic E-state index is -0.435. The minimum absolute atomic E-state index is 0. The zero-order valence-electron chi connectivity index (χ0n) is 17.3. The molecule has 7 nitrogen and oxygen atoms in total. The number of rotatable bonds is 8. The van der Waals surface area contributed by atoms with E-state index in [2.05, 4.69) is 34.1 Å². The molecule has 2 heterocycles. The van der Waals surface area contributed by atoms with Gasteiger partial charge >= 0.3 is 0 Å². The van der Waals surface area contributed by atoms with Crippen molar-refractivity contribution in [2.75, 3.05) is 6.54 Å². The Balaban J connectivity index is 0.00000392. The second-order valence-corrected chi connectivity index (χ2v) is 7.63. The third-order valence-electron chi connectivity index (χ3n) is 4.51. The van der Waals surface area contributed by atoms with Crippen LogP contribution in [0.1, 0.15) is 44.9 Å². The molecule has 0 aromatic carbocycles. The van der Waals surface area contributed by atoms with Gasteiger partial charge in [-0.25, -0.2) is 4.98 Å². The number of pyridine rings is 1. The highest BCUT2D eigenvalue weighted by molar-refractivity contribution is 5.85. The molecule has 4 N–H and O–H groups in total. The topological polar surface area (TPSA) is 114 Å². The van der Waals surface area contributed by atoms with E-state index in [0.717, 1.165) is 12.0 Å². The lowest BCUT2D eigenvalue weighted by Gasteiger charge is -2.31. The summed E-state index contributed by atoms with van der Waals surface area (Å²) in [6, 6.07) is 3.62. The third-order valence-corrected chi connectivity index (χ3v) is 4.51. The summed E-state index contributed by atoms with van der Waals surface area (Å²) in [6.07, 6.45) is 4.65. The number of aromatic amines is 1. The number of aromatic nitrogens is 3. The molecule has 0 radical (unpaired) electrons. The molecule has 2 rings (SSSR count). The summed E-state index contributed by atoms with van der Waals surface area (Å²) in [5, 5.41) is 3.02. The summed E-state index contributed by atoms with van der Waals surface area (Å²) in [4.78, 5) is 36.1. The van der Waals surface area contributed by atoms with Gasteiger partial charge in [0.15, 0.2) is 0 Å². The number of nitrogens with zero attached hydrogens (tertiary/aromatic N) is 2. The normalized spacial score (nSPS) is 12.5. The number of nitrogens with one attached hydrogen (secondary N) is 2. The fraction of sp³-hybridized carbons (Fsp3) is 0.500. The lowest BCUT2D eigenvalue weighted by Crippen LogP contribution is -2.52. The number of carbonyl (C=O) groups excluding carboxylic acids is 1. The standard InChI is InChI=1S/C20H29N5O2.2ClH/c1-13(2)10-20(4,12-21)25-17(26)8-7-16-14(3)23-18(24-19(16)27)15-6-5-9-22-11-15;;/h5-6,9,11,13H,7-8,10,12,21H2,1-4H3,(H,25,26)(H,23,24,27);2*1H. The number of nitrogens with two attached hydrogens (primary N) is 1. The maximum Gasteiger partial charge on any atom is 0.254 e. The molecule has 2 aromatic rings. The molecule has 0 aliphatic carbocycles. The molecule has 0 bridgehead atoms. The predicted octanol–water partition coefficient (Wildman–Crippen LogP) is 2.80. The van der Waals surface area contributed by atoms with Crippen LogP contribution >= 0.6 is 24.8 Å². The Morgan fingerprint density at radius 3 is 2.55 bits per heavy atom. The van der Waals surface area contributed by atoms with Crippen LogP contribution in [0.5, 0.6) is 0 Å². The Labute approximate surface area is 184 Å². The number of aryl methyl sites for hydroxylation is 1. The number of hydrogen-bond acceptors (Lipinski definition) is 5. The molecule has 0 aliphatic rings. The number of halogens is 2. The van der Waals surface area contributed by atoms with Crippen molar-refractivity contribution in [3.63, 3.8) is 0 Å². The van der Waals surface area contributed by atoms with Crippen LogP contribution in [-0.2, 0) is 11.2 Å². The first-order valence-corrected chi connectivity index (χ1v) is 9.25. The predicted molar refractivity (Wildman–Crippen MR) is 121 cm³/mol. The summed E-state index contributed by atoms with van der Waals surface area (Å²) in [5.74, 6) is 0.790. The highest BCUT2D eigenvalue weighted by Crippen LogP contribution is 2.16. The fourth-order valence-corrected chi connectivity index (χ4v) is 3.27. The van der Waals surface area contributed by atoms with Crippen LogP contribution in [0.15, 0.2) is 29.3 Å². The van der Waals surface area contributed by atoms with Gasteiger partial charge in [-0.15, -0.1) is 24.8 Å². The third kappa shape index (κ3) is 7.76. The molecule has 0 saturated heterocycles. The molecule has 0 spiro atoms. The number of amides is 1. The van der Waals surface area contributed by atoms with Gasteiger partial charge in [-0.05, 0) is 44.7 Å². The minimum Gasteiger partial charge on any atom is -0.350 e. The molecule has 1 amide bonds. The quantitative estimate of drug-likeness (QED) is 0.580. The molecular formula is C20H31Cl2N5O2. The van der Waals surface area contributed by atoms with Crippen molar-refractivity contribution >= 4 is 30.7 Å². The largest absolute Gasteiger partial charge is 0.350 e. The van der Waals surface area contributed by atoms with E-state index in [9.17, 15) is 9.59 Å². The fourth-order valence-electron chi connectivity index (χ4n) is 3.27. The summed E-state index contributed by atoms with van der Waals surface area (Å²) in [5.41, 5.74) is 7.08. The molecule has 1 atom stereocenters. The second-order valence-electron chi connectivity index (χ2n) is 7.63. The first-order chi connectivity index (χ1) is 12.7. The first kappa shape index (κ1) is 27.0. The highest BCUT2D eigenvalue weighted by Gasteiger charge is 2.25. The van der Waals surface area contributed by atoms with E-state index in [-0.39, 0.29) is 42.7 Å². The molecule has 0 saturated carbocycles. The van der Waals surface area contributed by atoms with Gasteiger partial charge in [0.25, 0.3) is 5.56 Å². The Kier molecular flexibility index (Phi) is 11.1. The number of hydrogen-bond donors (Lipinski definition) is 3. The van der Waals surface area contributed by atoms with Crippen molar-refractivity contribution in [1.29, 1.82) is 0 Å². The zero-order chi connectivity index (χ0) is 20.0. The molecule has 9 heteroatoms. The molecular weight excluding hydrogens is 413 g/mol. The van der Waals surface area contributed by atoms with E-state index in [0.29, 0.717) is 36.0 Å². The van der Waals surface area contributed by atoms with Crippen molar-refractivity contribution in [2.24, 2.45) is 11.7 Å². The van der Waals surface area contributed by atoms with Crippen molar-refractivity contribution < 1.29 is 4.79 Å². The van der Waals surface area contributed by atoms with Gasteiger partial charge in [-0.3, -0.25) is 14.6 Å². The SMILES string of the molecule is Cc1nc(-c2cccnc2)[nH]c(=O)c1CCC(=O)NC(C)(CN)CC(C)C.Cl.Cl. The van der Waals surface area contributed by atoms with Crippen LogP contribution in [0.3, 0.4) is 0 Å². The van der Waals surface area contributed by atoms with Crippen LogP contribution in [0, 0.1) is 12.8 Å². The molecule has 2 aromatic heterocycles. The smallest absolute Gasteiger partial charge is 0.254 e. The average Bonchev–Trinajstić information content (AvgIpc) is 2.60. The zero-order valence-corrected chi connectivity index (χ0v) is 19.0. The molecule has 162 valence electrons. The highest BCUT2D eigenvalue weighted by atomic mass is 35.5. The van der Waals surface area contributed by atoms with E-state index >= 15 is 0 Å². The first-order valence-electron chi connectivity index (χ1n) is 9.25. The van der Waals surface area contributed by atoms with Crippen molar-refractivity contribution in [2.45, 2.75) is 52.5 Å². The summed E-state index contributed by atoms with van der Waals surface area (Å²) < 4.78 is 0. The van der Waals surface area contributed by atoms with Gasteiger partial charge in [0.05, 0.1) is 0 Å². The Morgan fingerprint density at radius 1 is 1.34 bits per heavy atom. The van der Waals surface area contributed by atoms with Gasteiger partial charge in [0, 0.05) is 47.7 Å². The molecule has 29 heavy (non-hydrogen) atoms. The second kappa shape index (κ2) is 11.9. The van der Waals surface area contributed by atoms with Crippen LogP contribution < -0.4 is 16.6 Å². The van der Waals surface area contributed by atoms with Crippen molar-refractivity contribution in [1.82, 2.24) is 20.3 Å². The van der Waals surface area contributed by atoms with Gasteiger partial charge in [-0.2, -0.15) is 0 Å². The van der Waals surface area contributed by atoms with Crippen LogP contribution in [-0.4, -0.2) is 32.9 Å². The van der Waals surface area contributed by atoms with E-state index < -0.39 is 5.54 Å². The number of H-pyrrole nitrogens is 1. The summed E-state index contributed by atoms with van der Waals surface area (Å²) >= 11 is 0. The van der Waals surface area contributed by atoms with Gasteiger partial charge < -0.3 is 16.0 Å². The van der Waals surface area contributed by atoms with E-state index in [1.807, 2.05) is 13.0 Å². The van der Waals surface area contributed by atoms with E-state index in [4.69, 9.17) is 5.73 Å². The monoisotopic (exact) mass is 443 g/mol. The van der Waals surface area contributed by atoms with E-state index in [1.54, 1.807) is 25.4 Å². The maximum atomic E-state index is 12.5. The van der Waals surface area contributed by atoms with Crippen molar-refractivity contribution in [3.8, 4) is 11.4 Å². The maximum absolute atomic E-state index is 12.5. The lowest BCUT2D eigenvalue weighted by molar-refractivity contribution is -0.122. The Hall–Kier alpha value is -1.96. The summed E-state index contributed by atoms with van der Waals surface area (Å²) in [6.45, 7) is 8.30. The van der Waals surface area contributed by atoms with Gasteiger partial charge in [0.2, 0.25) is 5.91 Å². The van der Waals surface area contributed by atoms with Gasteiger partial charge in [-0.1, -0.05) is 13.8 Å². The lowest BCUT2D eigenvalue weighted by atomic mass is 9.90. The number of carbonyl (C=O) groups is 1. The van der Waals surface area contributed by atoms with Gasteiger partial charge in [0.1, 0.15) is 5.82 Å². The Bertz CT molecular complexity index is 843. The van der Waals surface area contributed by atoms with Crippen molar-refractivity contribution in [3.05, 3.63) is 46.1 Å². The average molecular weight is 444 g/mol. The summed E-state index contributed by atoms with van der Waals surface area (Å²) in [7, 11) is 0.